The molecule has 1 aromatic rings. The normalized spacial score (nSPS) is 16.5. The third-order valence-electron chi connectivity index (χ3n) is 3.32. The maximum Gasteiger partial charge on any atom is 0.304 e. The van der Waals surface area contributed by atoms with Gasteiger partial charge in [-0.2, -0.15) is 4.31 Å². The predicted octanol–water partition coefficient (Wildman–Crippen LogP) is 1.66. The van der Waals surface area contributed by atoms with Crippen LogP contribution in [0.3, 0.4) is 0 Å². The Morgan fingerprint density at radius 1 is 1.58 bits per heavy atom. The molecule has 0 saturated heterocycles. The fourth-order valence-electron chi connectivity index (χ4n) is 1.93. The molecule has 106 valence electrons. The van der Waals surface area contributed by atoms with Crippen LogP contribution in [0.2, 0.25) is 0 Å². The Morgan fingerprint density at radius 2 is 2.21 bits per heavy atom. The zero-order chi connectivity index (χ0) is 14.2. The van der Waals surface area contributed by atoms with Gasteiger partial charge in [0.15, 0.2) is 5.00 Å². The van der Waals surface area contributed by atoms with Crippen LogP contribution in [0.1, 0.15) is 19.3 Å². The molecule has 0 bridgehead atoms. The average Bonchev–Trinajstić information content (AvgIpc) is 2.66. The Bertz CT molecular complexity index is 592. The molecule has 1 heterocycles. The van der Waals surface area contributed by atoms with E-state index < -0.39 is 14.9 Å². The molecule has 1 aliphatic rings. The fourth-order valence-corrected chi connectivity index (χ4v) is 4.61. The van der Waals surface area contributed by atoms with Crippen LogP contribution in [0.5, 0.6) is 0 Å². The third-order valence-corrected chi connectivity index (χ3v) is 6.54. The summed E-state index contributed by atoms with van der Waals surface area (Å²) in [5.74, 6) is 0.395. The summed E-state index contributed by atoms with van der Waals surface area (Å²) >= 11 is 0.737. The van der Waals surface area contributed by atoms with Gasteiger partial charge in [-0.1, -0.05) is 17.8 Å². The molecule has 0 atom stereocenters. The first-order valence-electron chi connectivity index (χ1n) is 5.82. The van der Waals surface area contributed by atoms with Gasteiger partial charge in [0.2, 0.25) is 0 Å². The maximum atomic E-state index is 12.3. The molecule has 1 aliphatic carbocycles. The monoisotopic (exact) mass is 305 g/mol. The zero-order valence-electron chi connectivity index (χ0n) is 10.4. The number of anilines is 1. The molecule has 0 unspecified atom stereocenters. The van der Waals surface area contributed by atoms with Crippen LogP contribution in [0, 0.1) is 16.0 Å². The van der Waals surface area contributed by atoms with Crippen LogP contribution < -0.4 is 5.73 Å². The molecule has 2 rings (SSSR count). The highest BCUT2D eigenvalue weighted by atomic mass is 32.2. The summed E-state index contributed by atoms with van der Waals surface area (Å²) in [6.07, 6.45) is 3.20. The molecule has 0 aromatic carbocycles. The second kappa shape index (κ2) is 5.06. The van der Waals surface area contributed by atoms with Gasteiger partial charge in [0.1, 0.15) is 4.21 Å². The third kappa shape index (κ3) is 2.72. The maximum absolute atomic E-state index is 12.3. The van der Waals surface area contributed by atoms with Crippen molar-refractivity contribution in [2.75, 3.05) is 19.3 Å². The number of hydrogen-bond acceptors (Lipinski definition) is 6. The van der Waals surface area contributed by atoms with Crippen molar-refractivity contribution in [1.29, 1.82) is 0 Å². The Balaban J connectivity index is 2.23. The molecule has 7 nitrogen and oxygen atoms in total. The Kier molecular flexibility index (Phi) is 3.79. The number of sulfonamides is 1. The molecule has 0 radical (unpaired) electrons. The smallest absolute Gasteiger partial charge is 0.304 e. The second-order valence-corrected chi connectivity index (χ2v) is 8.01. The van der Waals surface area contributed by atoms with Crippen molar-refractivity contribution >= 4 is 32.0 Å². The average molecular weight is 305 g/mol. The molecule has 1 fully saturated rings. The summed E-state index contributed by atoms with van der Waals surface area (Å²) in [6.45, 7) is 0.452. The van der Waals surface area contributed by atoms with E-state index in [-0.39, 0.29) is 14.9 Å². The molecule has 9 heteroatoms. The molecule has 19 heavy (non-hydrogen) atoms. The van der Waals surface area contributed by atoms with Crippen LogP contribution in [0.4, 0.5) is 10.7 Å². The number of rotatable bonds is 5. The number of nitrogens with zero attached hydrogens (tertiary/aromatic N) is 2. The Labute approximate surface area is 115 Å². The molecular formula is C10H15N3O4S2. The van der Waals surface area contributed by atoms with Gasteiger partial charge in [-0.15, -0.1) is 0 Å². The summed E-state index contributed by atoms with van der Waals surface area (Å²) in [4.78, 5) is 10.0. The SMILES string of the molecule is CN(CC1CCC1)S(=O)(=O)c1cc([N+](=O)[O-])c(N)s1. The lowest BCUT2D eigenvalue weighted by atomic mass is 9.86. The molecule has 0 aliphatic heterocycles. The first-order chi connectivity index (χ1) is 8.82. The van der Waals surface area contributed by atoms with Crippen LogP contribution in [-0.2, 0) is 10.0 Å². The number of thiophene rings is 1. The minimum atomic E-state index is -3.68. The minimum Gasteiger partial charge on any atom is -0.385 e. The summed E-state index contributed by atoms with van der Waals surface area (Å²) in [6, 6.07) is 1.03. The van der Waals surface area contributed by atoms with E-state index in [4.69, 9.17) is 5.73 Å². The molecule has 1 aromatic heterocycles. The fraction of sp³-hybridized carbons (Fsp3) is 0.600. The minimum absolute atomic E-state index is 0.0708. The summed E-state index contributed by atoms with van der Waals surface area (Å²) in [5.41, 5.74) is 5.12. The highest BCUT2D eigenvalue weighted by Gasteiger charge is 2.30. The predicted molar refractivity (Wildman–Crippen MR) is 72.5 cm³/mol. The van der Waals surface area contributed by atoms with Crippen molar-refractivity contribution in [2.45, 2.75) is 23.5 Å². The lowest BCUT2D eigenvalue weighted by molar-refractivity contribution is -0.383. The van der Waals surface area contributed by atoms with Gasteiger partial charge >= 0.3 is 5.69 Å². The molecule has 2 N–H and O–H groups in total. The van der Waals surface area contributed by atoms with Crippen molar-refractivity contribution < 1.29 is 13.3 Å². The van der Waals surface area contributed by atoms with Crippen LogP contribution in [0.15, 0.2) is 10.3 Å². The number of nitrogen functional groups attached to an aromatic ring is 1. The van der Waals surface area contributed by atoms with Gasteiger partial charge in [-0.25, -0.2) is 8.42 Å². The second-order valence-electron chi connectivity index (χ2n) is 4.65. The van der Waals surface area contributed by atoms with E-state index in [0.29, 0.717) is 12.5 Å². The van der Waals surface area contributed by atoms with E-state index in [9.17, 15) is 18.5 Å². The van der Waals surface area contributed by atoms with Gasteiger partial charge in [-0.05, 0) is 18.8 Å². The van der Waals surface area contributed by atoms with E-state index in [1.54, 1.807) is 0 Å². The van der Waals surface area contributed by atoms with E-state index in [0.717, 1.165) is 36.7 Å². The number of hydrogen-bond donors (Lipinski definition) is 1. The number of nitrogens with two attached hydrogens (primary N) is 1. The van der Waals surface area contributed by atoms with E-state index >= 15 is 0 Å². The van der Waals surface area contributed by atoms with Crippen molar-refractivity contribution in [3.05, 3.63) is 16.2 Å². The Hall–Kier alpha value is -1.19. The zero-order valence-corrected chi connectivity index (χ0v) is 12.0. The van der Waals surface area contributed by atoms with Crippen LogP contribution in [0.25, 0.3) is 0 Å². The quantitative estimate of drug-likeness (QED) is 0.657. The van der Waals surface area contributed by atoms with Gasteiger partial charge in [0.25, 0.3) is 10.0 Å². The van der Waals surface area contributed by atoms with E-state index in [2.05, 4.69) is 0 Å². The topological polar surface area (TPSA) is 107 Å². The van der Waals surface area contributed by atoms with Crippen molar-refractivity contribution in [3.63, 3.8) is 0 Å². The van der Waals surface area contributed by atoms with Crippen molar-refractivity contribution in [3.8, 4) is 0 Å². The number of nitro groups is 1. The van der Waals surface area contributed by atoms with Crippen molar-refractivity contribution in [1.82, 2.24) is 4.31 Å². The summed E-state index contributed by atoms with van der Waals surface area (Å²) in [5, 5.41) is 10.6. The molecule has 1 saturated carbocycles. The van der Waals surface area contributed by atoms with Crippen molar-refractivity contribution in [2.24, 2.45) is 5.92 Å². The first kappa shape index (κ1) is 14.2. The summed E-state index contributed by atoms with van der Waals surface area (Å²) < 4.78 is 25.7. The standard InChI is InChI=1S/C10H15N3O4S2/c1-12(6-7-3-2-4-7)19(16,17)9-5-8(13(14)15)10(11)18-9/h5,7H,2-4,6,11H2,1H3. The lowest BCUT2D eigenvalue weighted by Gasteiger charge is -2.29. The lowest BCUT2D eigenvalue weighted by Crippen LogP contribution is -2.33. The van der Waals surface area contributed by atoms with Gasteiger partial charge in [0, 0.05) is 19.7 Å². The largest absolute Gasteiger partial charge is 0.385 e. The van der Waals surface area contributed by atoms with Gasteiger partial charge in [0.05, 0.1) is 4.92 Å². The van der Waals surface area contributed by atoms with E-state index in [1.165, 1.54) is 11.4 Å². The summed E-state index contributed by atoms with van der Waals surface area (Å²) in [7, 11) is -2.18. The van der Waals surface area contributed by atoms with Crippen LogP contribution in [-0.4, -0.2) is 31.2 Å². The molecule has 0 amide bonds. The van der Waals surface area contributed by atoms with E-state index in [1.807, 2.05) is 0 Å². The first-order valence-corrected chi connectivity index (χ1v) is 8.08. The highest BCUT2D eigenvalue weighted by molar-refractivity contribution is 7.91. The Morgan fingerprint density at radius 3 is 2.63 bits per heavy atom. The molecule has 0 spiro atoms. The molecular weight excluding hydrogens is 290 g/mol. The highest BCUT2D eigenvalue weighted by Crippen LogP contribution is 2.36. The van der Waals surface area contributed by atoms with Gasteiger partial charge in [-0.3, -0.25) is 10.1 Å². The van der Waals surface area contributed by atoms with Gasteiger partial charge < -0.3 is 5.73 Å². The van der Waals surface area contributed by atoms with Crippen LogP contribution >= 0.6 is 11.3 Å².